The van der Waals surface area contributed by atoms with Crippen LogP contribution in [0.15, 0.2) is 18.2 Å². The summed E-state index contributed by atoms with van der Waals surface area (Å²) < 4.78 is 32.3. The third kappa shape index (κ3) is 4.27. The number of halogens is 2. The molecular formula is C18H22F2N2O3. The molecule has 0 aromatic heterocycles. The van der Waals surface area contributed by atoms with Crippen LogP contribution in [0.1, 0.15) is 24.8 Å². The van der Waals surface area contributed by atoms with E-state index in [2.05, 4.69) is 0 Å². The molecule has 0 aliphatic carbocycles. The van der Waals surface area contributed by atoms with Crippen molar-refractivity contribution in [1.82, 2.24) is 9.80 Å². The van der Waals surface area contributed by atoms with Gasteiger partial charge < -0.3 is 9.64 Å². The molecule has 1 aromatic rings. The molecule has 1 unspecified atom stereocenters. The van der Waals surface area contributed by atoms with Crippen molar-refractivity contribution < 1.29 is 23.1 Å². The van der Waals surface area contributed by atoms with E-state index < -0.39 is 17.7 Å². The number of carbonyl (C=O) groups excluding carboxylic acids is 2. The lowest BCUT2D eigenvalue weighted by Gasteiger charge is -2.33. The number of hydrogen-bond donors (Lipinski definition) is 0. The number of carbonyl (C=O) groups is 2. The van der Waals surface area contributed by atoms with E-state index in [-0.39, 0.29) is 23.9 Å². The van der Waals surface area contributed by atoms with Gasteiger partial charge in [-0.25, -0.2) is 13.6 Å². The molecule has 2 fully saturated rings. The molecule has 136 valence electrons. The average Bonchev–Trinajstić information content (AvgIpc) is 2.99. The summed E-state index contributed by atoms with van der Waals surface area (Å²) >= 11 is 0. The van der Waals surface area contributed by atoms with Gasteiger partial charge in [0.15, 0.2) is 0 Å². The molecule has 2 saturated heterocycles. The highest BCUT2D eigenvalue weighted by Gasteiger charge is 2.29. The Labute approximate surface area is 145 Å². The molecule has 0 radical (unpaired) electrons. The zero-order valence-corrected chi connectivity index (χ0v) is 14.0. The Kier molecular flexibility index (Phi) is 5.50. The first kappa shape index (κ1) is 17.6. The zero-order valence-electron chi connectivity index (χ0n) is 14.0. The van der Waals surface area contributed by atoms with Gasteiger partial charge in [-0.15, -0.1) is 0 Å². The Bertz CT molecular complexity index is 633. The first-order chi connectivity index (χ1) is 12.0. The predicted octanol–water partition coefficient (Wildman–Crippen LogP) is 2.59. The highest BCUT2D eigenvalue weighted by atomic mass is 19.1. The SMILES string of the molecule is O=C(CN1CCOC1=O)N1CCCC(CCc2c(F)cccc2F)C1. The van der Waals surface area contributed by atoms with E-state index in [1.54, 1.807) is 4.90 Å². The average molecular weight is 352 g/mol. The molecule has 2 aliphatic heterocycles. The summed E-state index contributed by atoms with van der Waals surface area (Å²) in [6, 6.07) is 3.90. The lowest BCUT2D eigenvalue weighted by molar-refractivity contribution is -0.133. The largest absolute Gasteiger partial charge is 0.448 e. The maximum absolute atomic E-state index is 13.7. The summed E-state index contributed by atoms with van der Waals surface area (Å²) in [6.07, 6.45) is 2.31. The topological polar surface area (TPSA) is 49.9 Å². The number of hydrogen-bond acceptors (Lipinski definition) is 3. The molecule has 0 saturated carbocycles. The molecule has 5 nitrogen and oxygen atoms in total. The van der Waals surface area contributed by atoms with Gasteiger partial charge in [0, 0.05) is 18.7 Å². The Morgan fingerprint density at radius 3 is 2.68 bits per heavy atom. The third-order valence-electron chi connectivity index (χ3n) is 4.91. The first-order valence-corrected chi connectivity index (χ1v) is 8.67. The summed E-state index contributed by atoms with van der Waals surface area (Å²) in [6.45, 7) is 2.02. The van der Waals surface area contributed by atoms with Crippen molar-refractivity contribution in [3.05, 3.63) is 35.4 Å². The molecule has 2 amide bonds. The Hall–Kier alpha value is -2.18. The van der Waals surface area contributed by atoms with Crippen LogP contribution in [0.2, 0.25) is 0 Å². The molecule has 25 heavy (non-hydrogen) atoms. The molecule has 1 atom stereocenters. The quantitative estimate of drug-likeness (QED) is 0.818. The number of amides is 2. The number of benzene rings is 1. The fourth-order valence-electron chi connectivity index (χ4n) is 3.48. The highest BCUT2D eigenvalue weighted by Crippen LogP contribution is 2.24. The lowest BCUT2D eigenvalue weighted by Crippen LogP contribution is -2.45. The molecule has 7 heteroatoms. The molecule has 0 spiro atoms. The molecule has 2 heterocycles. The van der Waals surface area contributed by atoms with Gasteiger partial charge in [-0.3, -0.25) is 9.69 Å². The number of rotatable bonds is 5. The van der Waals surface area contributed by atoms with Gasteiger partial charge in [0.2, 0.25) is 5.91 Å². The number of ether oxygens (including phenoxy) is 1. The van der Waals surface area contributed by atoms with Crippen LogP contribution in [-0.2, 0) is 16.0 Å². The van der Waals surface area contributed by atoms with Gasteiger partial charge in [0.25, 0.3) is 0 Å². The van der Waals surface area contributed by atoms with Crippen molar-refractivity contribution in [1.29, 1.82) is 0 Å². The van der Waals surface area contributed by atoms with Crippen LogP contribution in [0, 0.1) is 17.6 Å². The first-order valence-electron chi connectivity index (χ1n) is 8.67. The number of cyclic esters (lactones) is 1. The van der Waals surface area contributed by atoms with Crippen molar-refractivity contribution in [3.63, 3.8) is 0 Å². The highest BCUT2D eigenvalue weighted by molar-refractivity contribution is 5.83. The van der Waals surface area contributed by atoms with E-state index in [0.29, 0.717) is 39.1 Å². The van der Waals surface area contributed by atoms with E-state index in [4.69, 9.17) is 4.74 Å². The van der Waals surface area contributed by atoms with Crippen molar-refractivity contribution in [3.8, 4) is 0 Å². The molecule has 0 N–H and O–H groups in total. The normalized spacial score (nSPS) is 20.7. The van der Waals surface area contributed by atoms with Crippen LogP contribution in [0.5, 0.6) is 0 Å². The minimum atomic E-state index is -0.517. The maximum Gasteiger partial charge on any atom is 0.410 e. The number of likely N-dealkylation sites (tertiary alicyclic amines) is 1. The second kappa shape index (κ2) is 7.80. The van der Waals surface area contributed by atoms with Gasteiger partial charge in [0.05, 0.1) is 6.54 Å². The summed E-state index contributed by atoms with van der Waals surface area (Å²) in [4.78, 5) is 27.0. The Balaban J connectivity index is 1.52. The monoisotopic (exact) mass is 352 g/mol. The second-order valence-corrected chi connectivity index (χ2v) is 6.62. The van der Waals surface area contributed by atoms with Gasteiger partial charge in [-0.1, -0.05) is 6.07 Å². The van der Waals surface area contributed by atoms with E-state index >= 15 is 0 Å². The maximum atomic E-state index is 13.7. The summed E-state index contributed by atoms with van der Waals surface area (Å²) in [5, 5.41) is 0. The smallest absolute Gasteiger partial charge is 0.410 e. The van der Waals surface area contributed by atoms with Crippen LogP contribution in [-0.4, -0.2) is 54.6 Å². The van der Waals surface area contributed by atoms with Gasteiger partial charge in [0.1, 0.15) is 24.8 Å². The second-order valence-electron chi connectivity index (χ2n) is 6.62. The minimum absolute atomic E-state index is 0.0352. The molecule has 1 aromatic carbocycles. The molecule has 3 rings (SSSR count). The molecule has 0 bridgehead atoms. The van der Waals surface area contributed by atoms with Crippen molar-refractivity contribution in [2.75, 3.05) is 32.8 Å². The van der Waals surface area contributed by atoms with Crippen molar-refractivity contribution in [2.45, 2.75) is 25.7 Å². The van der Waals surface area contributed by atoms with Crippen LogP contribution in [0.3, 0.4) is 0 Å². The number of nitrogens with zero attached hydrogens (tertiary/aromatic N) is 2. The lowest BCUT2D eigenvalue weighted by atomic mass is 9.91. The third-order valence-corrected chi connectivity index (χ3v) is 4.91. The Morgan fingerprint density at radius 2 is 2.00 bits per heavy atom. The van der Waals surface area contributed by atoms with Crippen LogP contribution >= 0.6 is 0 Å². The van der Waals surface area contributed by atoms with Gasteiger partial charge >= 0.3 is 6.09 Å². The fourth-order valence-corrected chi connectivity index (χ4v) is 3.48. The van der Waals surface area contributed by atoms with E-state index in [9.17, 15) is 18.4 Å². The molecule has 2 aliphatic rings. The minimum Gasteiger partial charge on any atom is -0.448 e. The van der Waals surface area contributed by atoms with Crippen molar-refractivity contribution in [2.24, 2.45) is 5.92 Å². The van der Waals surface area contributed by atoms with Crippen LogP contribution in [0.4, 0.5) is 13.6 Å². The zero-order chi connectivity index (χ0) is 17.8. The predicted molar refractivity (Wildman–Crippen MR) is 86.9 cm³/mol. The van der Waals surface area contributed by atoms with E-state index in [1.165, 1.54) is 23.1 Å². The van der Waals surface area contributed by atoms with E-state index in [0.717, 1.165) is 12.8 Å². The van der Waals surface area contributed by atoms with Crippen LogP contribution in [0.25, 0.3) is 0 Å². The molecular weight excluding hydrogens is 330 g/mol. The standard InChI is InChI=1S/C18H22F2N2O3/c19-15-4-1-5-16(20)14(15)7-6-13-3-2-8-21(11-13)17(23)12-22-9-10-25-18(22)24/h1,4-5,13H,2-3,6-12H2. The Morgan fingerprint density at radius 1 is 1.24 bits per heavy atom. The fraction of sp³-hybridized carbons (Fsp3) is 0.556. The van der Waals surface area contributed by atoms with E-state index in [1.807, 2.05) is 0 Å². The van der Waals surface area contributed by atoms with Gasteiger partial charge in [-0.2, -0.15) is 0 Å². The number of piperidine rings is 1. The summed E-state index contributed by atoms with van der Waals surface area (Å²) in [5.41, 5.74) is 0.116. The van der Waals surface area contributed by atoms with Gasteiger partial charge in [-0.05, 0) is 43.7 Å². The summed E-state index contributed by atoms with van der Waals surface area (Å²) in [5.74, 6) is -0.921. The summed E-state index contributed by atoms with van der Waals surface area (Å²) in [7, 11) is 0. The van der Waals surface area contributed by atoms with Crippen molar-refractivity contribution >= 4 is 12.0 Å². The van der Waals surface area contributed by atoms with Crippen LogP contribution < -0.4 is 0 Å².